The molecule has 1 aliphatic heterocycles. The molecule has 1 heterocycles. The van der Waals surface area contributed by atoms with Crippen molar-refractivity contribution in [3.05, 3.63) is 58.4 Å². The molecule has 1 fully saturated rings. The van der Waals surface area contributed by atoms with Crippen molar-refractivity contribution in [2.45, 2.75) is 18.2 Å². The number of hydrogen-bond acceptors (Lipinski definition) is 5. The van der Waals surface area contributed by atoms with Crippen LogP contribution in [0.1, 0.15) is 11.1 Å². The summed E-state index contributed by atoms with van der Waals surface area (Å²) in [4.78, 5) is 26.2. The number of imide groups is 1. The molecule has 1 aliphatic rings. The predicted octanol–water partition coefficient (Wildman–Crippen LogP) is 4.30. The molecule has 0 radical (unpaired) electrons. The Morgan fingerprint density at radius 3 is 2.37 bits per heavy atom. The minimum atomic E-state index is -0.575. The molecular formula is C19H17ClFNO4S. The fourth-order valence-electron chi connectivity index (χ4n) is 2.80. The van der Waals surface area contributed by atoms with Gasteiger partial charge in [-0.25, -0.2) is 4.39 Å². The van der Waals surface area contributed by atoms with Gasteiger partial charge in [-0.05, 0) is 35.7 Å². The number of nitrogens with zero attached hydrogens (tertiary/aromatic N) is 1. The minimum Gasteiger partial charge on any atom is -0.493 e. The van der Waals surface area contributed by atoms with Gasteiger partial charge in [-0.2, -0.15) is 0 Å². The fraction of sp³-hybridized carbons (Fsp3) is 0.263. The Morgan fingerprint density at radius 2 is 1.74 bits per heavy atom. The Kier molecular flexibility index (Phi) is 5.92. The van der Waals surface area contributed by atoms with Crippen molar-refractivity contribution in [1.82, 2.24) is 4.90 Å². The maximum absolute atomic E-state index is 13.0. The van der Waals surface area contributed by atoms with Gasteiger partial charge in [-0.3, -0.25) is 14.5 Å². The third-order valence-corrected chi connectivity index (χ3v) is 5.64. The van der Waals surface area contributed by atoms with Gasteiger partial charge in [0.1, 0.15) is 5.82 Å². The summed E-state index contributed by atoms with van der Waals surface area (Å²) in [5.74, 6) is 0.334. The number of rotatable bonds is 6. The summed E-state index contributed by atoms with van der Waals surface area (Å²) in [7, 11) is 3.02. The fourth-order valence-corrected chi connectivity index (χ4v) is 4.04. The van der Waals surface area contributed by atoms with E-state index in [-0.39, 0.29) is 29.9 Å². The predicted molar refractivity (Wildman–Crippen MR) is 102 cm³/mol. The van der Waals surface area contributed by atoms with Gasteiger partial charge in [0.25, 0.3) is 5.24 Å². The highest BCUT2D eigenvalue weighted by Gasteiger charge is 2.39. The van der Waals surface area contributed by atoms with Crippen LogP contribution < -0.4 is 9.47 Å². The molecule has 8 heteroatoms. The quantitative estimate of drug-likeness (QED) is 0.711. The number of amides is 2. The average molecular weight is 410 g/mol. The van der Waals surface area contributed by atoms with Crippen LogP contribution >= 0.6 is 23.4 Å². The Hall–Kier alpha value is -2.25. The molecule has 0 aromatic heterocycles. The molecule has 3 rings (SSSR count). The van der Waals surface area contributed by atoms with E-state index in [2.05, 4.69) is 0 Å². The van der Waals surface area contributed by atoms with E-state index in [9.17, 15) is 14.0 Å². The van der Waals surface area contributed by atoms with Crippen molar-refractivity contribution in [1.29, 1.82) is 0 Å². The van der Waals surface area contributed by atoms with Crippen molar-refractivity contribution in [2.75, 3.05) is 14.2 Å². The topological polar surface area (TPSA) is 55.8 Å². The van der Waals surface area contributed by atoms with Crippen molar-refractivity contribution in [2.24, 2.45) is 0 Å². The molecule has 0 N–H and O–H groups in total. The summed E-state index contributed by atoms with van der Waals surface area (Å²) in [6.07, 6.45) is 0.286. The van der Waals surface area contributed by atoms with E-state index < -0.39 is 5.25 Å². The maximum Gasteiger partial charge on any atom is 0.289 e. The molecule has 0 saturated carbocycles. The van der Waals surface area contributed by atoms with Crippen LogP contribution in [0.25, 0.3) is 0 Å². The second-order valence-electron chi connectivity index (χ2n) is 5.93. The molecule has 2 amide bonds. The van der Waals surface area contributed by atoms with Gasteiger partial charge < -0.3 is 9.47 Å². The minimum absolute atomic E-state index is 0.112. The van der Waals surface area contributed by atoms with Crippen molar-refractivity contribution in [3.8, 4) is 11.5 Å². The standard InChI is InChI=1S/C19H17ClFNO4S/c1-25-15-7-12(14(20)9-16(15)26-2)8-17-18(23)22(19(24)27-17)10-11-3-5-13(21)6-4-11/h3-7,9,17H,8,10H2,1-2H3/t17-/m0/s1. The van der Waals surface area contributed by atoms with E-state index >= 15 is 0 Å². The summed E-state index contributed by atoms with van der Waals surface area (Å²) in [5.41, 5.74) is 1.38. The van der Waals surface area contributed by atoms with Gasteiger partial charge in [0.15, 0.2) is 11.5 Å². The van der Waals surface area contributed by atoms with Gasteiger partial charge >= 0.3 is 0 Å². The van der Waals surface area contributed by atoms with Crippen molar-refractivity contribution in [3.63, 3.8) is 0 Å². The Labute approximate surface area is 165 Å². The molecule has 2 aromatic rings. The summed E-state index contributed by atoms with van der Waals surface area (Å²) in [6, 6.07) is 9.04. The number of hydrogen-bond donors (Lipinski definition) is 0. The zero-order chi connectivity index (χ0) is 19.6. The highest BCUT2D eigenvalue weighted by molar-refractivity contribution is 8.15. The first-order chi connectivity index (χ1) is 12.9. The smallest absolute Gasteiger partial charge is 0.289 e. The second kappa shape index (κ2) is 8.19. The third-order valence-electron chi connectivity index (χ3n) is 4.22. The molecule has 0 unspecified atom stereocenters. The van der Waals surface area contributed by atoms with E-state index in [1.807, 2.05) is 0 Å². The SMILES string of the molecule is COc1cc(Cl)c(C[C@@H]2SC(=O)N(Cc3ccc(F)cc3)C2=O)cc1OC. The van der Waals surface area contributed by atoms with Crippen molar-refractivity contribution < 1.29 is 23.5 Å². The summed E-state index contributed by atoms with van der Waals surface area (Å²) in [5, 5.41) is -0.468. The van der Waals surface area contributed by atoms with Gasteiger partial charge in [0, 0.05) is 11.1 Å². The normalized spacial score (nSPS) is 16.7. The second-order valence-corrected chi connectivity index (χ2v) is 7.49. The lowest BCUT2D eigenvalue weighted by atomic mass is 10.1. The number of benzene rings is 2. The first kappa shape index (κ1) is 19.5. The molecule has 2 aromatic carbocycles. The largest absolute Gasteiger partial charge is 0.493 e. The first-order valence-electron chi connectivity index (χ1n) is 8.09. The number of thioether (sulfide) groups is 1. The summed E-state index contributed by atoms with van der Waals surface area (Å²) >= 11 is 7.25. The number of ether oxygens (including phenoxy) is 2. The third kappa shape index (κ3) is 4.20. The van der Waals surface area contributed by atoms with Crippen molar-refractivity contribution >= 4 is 34.5 Å². The van der Waals surface area contributed by atoms with E-state index in [1.54, 1.807) is 24.3 Å². The van der Waals surface area contributed by atoms with Crippen LogP contribution in [0.15, 0.2) is 36.4 Å². The Balaban J connectivity index is 1.76. The van der Waals surface area contributed by atoms with Crippen LogP contribution in [-0.4, -0.2) is 35.5 Å². The van der Waals surface area contributed by atoms with Crippen LogP contribution in [0.2, 0.25) is 5.02 Å². The molecular weight excluding hydrogens is 393 g/mol. The average Bonchev–Trinajstić information content (AvgIpc) is 2.92. The van der Waals surface area contributed by atoms with E-state index in [0.717, 1.165) is 11.8 Å². The molecule has 0 bridgehead atoms. The van der Waals surface area contributed by atoms with Gasteiger partial charge in [0.2, 0.25) is 5.91 Å². The number of methoxy groups -OCH3 is 2. The van der Waals surface area contributed by atoms with Crippen LogP contribution in [-0.2, 0) is 17.8 Å². The molecule has 0 aliphatic carbocycles. The molecule has 27 heavy (non-hydrogen) atoms. The zero-order valence-electron chi connectivity index (χ0n) is 14.7. The highest BCUT2D eigenvalue weighted by Crippen LogP contribution is 2.37. The zero-order valence-corrected chi connectivity index (χ0v) is 16.3. The van der Waals surface area contributed by atoms with Crippen LogP contribution in [0.4, 0.5) is 9.18 Å². The lowest BCUT2D eigenvalue weighted by Gasteiger charge is -2.15. The van der Waals surface area contributed by atoms with Gasteiger partial charge in [-0.15, -0.1) is 0 Å². The number of carbonyl (C=O) groups excluding carboxylic acids is 2. The molecule has 1 atom stereocenters. The number of halogens is 2. The van der Waals surface area contributed by atoms with E-state index in [4.69, 9.17) is 21.1 Å². The molecule has 0 spiro atoms. The van der Waals surface area contributed by atoms with Crippen LogP contribution in [0, 0.1) is 5.82 Å². The monoisotopic (exact) mass is 409 g/mol. The van der Waals surface area contributed by atoms with E-state index in [1.165, 1.54) is 31.3 Å². The first-order valence-corrected chi connectivity index (χ1v) is 9.35. The lowest BCUT2D eigenvalue weighted by Crippen LogP contribution is -2.31. The summed E-state index contributed by atoms with van der Waals surface area (Å²) < 4.78 is 23.5. The van der Waals surface area contributed by atoms with E-state index in [0.29, 0.717) is 27.6 Å². The Bertz CT molecular complexity index is 875. The maximum atomic E-state index is 13.0. The lowest BCUT2D eigenvalue weighted by molar-refractivity contribution is -0.127. The summed E-state index contributed by atoms with van der Waals surface area (Å²) in [6.45, 7) is 0.112. The molecule has 1 saturated heterocycles. The Morgan fingerprint density at radius 1 is 1.11 bits per heavy atom. The van der Waals surface area contributed by atoms with Crippen LogP contribution in [0.5, 0.6) is 11.5 Å². The van der Waals surface area contributed by atoms with Gasteiger partial charge in [-0.1, -0.05) is 35.5 Å². The highest BCUT2D eigenvalue weighted by atomic mass is 35.5. The molecule has 5 nitrogen and oxygen atoms in total. The van der Waals surface area contributed by atoms with Crippen LogP contribution in [0.3, 0.4) is 0 Å². The molecule has 142 valence electrons. The van der Waals surface area contributed by atoms with Gasteiger partial charge in [0.05, 0.1) is 26.0 Å². The number of carbonyl (C=O) groups is 2.